The van der Waals surface area contributed by atoms with Gasteiger partial charge in [0.1, 0.15) is 11.2 Å². The van der Waals surface area contributed by atoms with Crippen molar-refractivity contribution in [1.82, 2.24) is 14.9 Å². The third-order valence-corrected chi connectivity index (χ3v) is 6.67. The number of benzene rings is 1. The number of morpholine rings is 1. The van der Waals surface area contributed by atoms with Gasteiger partial charge in [-0.25, -0.2) is 0 Å². The van der Waals surface area contributed by atoms with E-state index in [-0.39, 0.29) is 24.1 Å². The van der Waals surface area contributed by atoms with E-state index < -0.39 is 6.10 Å². The number of halogens is 2. The second-order valence-electron chi connectivity index (χ2n) is 8.32. The van der Waals surface area contributed by atoms with Crippen molar-refractivity contribution in [3.8, 4) is 0 Å². The van der Waals surface area contributed by atoms with E-state index in [4.69, 9.17) is 38.1 Å². The van der Waals surface area contributed by atoms with Gasteiger partial charge in [0, 0.05) is 23.1 Å². The Morgan fingerprint density at radius 2 is 2.03 bits per heavy atom. The maximum Gasteiger partial charge on any atom is 0.293 e. The lowest BCUT2D eigenvalue weighted by molar-refractivity contribution is -0.151. The summed E-state index contributed by atoms with van der Waals surface area (Å²) in [5.41, 5.74) is 9.65. The lowest BCUT2D eigenvalue weighted by Gasteiger charge is -2.42. The molecule has 2 aliphatic heterocycles. The number of pyridine rings is 1. The van der Waals surface area contributed by atoms with Crippen LogP contribution in [-0.2, 0) is 16.0 Å². The molecule has 4 heterocycles. The molecule has 1 aromatic carbocycles. The Bertz CT molecular complexity index is 1200. The average Bonchev–Trinajstić information content (AvgIpc) is 3.12. The number of nitrogens with two attached hydrogens (primary N) is 1. The fourth-order valence-electron chi connectivity index (χ4n) is 4.76. The summed E-state index contributed by atoms with van der Waals surface area (Å²) in [5, 5.41) is 1.19. The minimum Gasteiger partial charge on any atom is -0.421 e. The average molecular weight is 476 g/mol. The molecule has 0 aliphatic carbocycles. The summed E-state index contributed by atoms with van der Waals surface area (Å²) in [6.45, 7) is 5.47. The molecule has 1 amide bonds. The highest BCUT2D eigenvalue weighted by Gasteiger charge is 2.38. The number of rotatable bonds is 2. The molecule has 5 rings (SSSR count). The van der Waals surface area contributed by atoms with Crippen molar-refractivity contribution in [2.24, 2.45) is 0 Å². The van der Waals surface area contributed by atoms with Gasteiger partial charge in [0.2, 0.25) is 0 Å². The normalized spacial score (nSPS) is 23.4. The zero-order valence-corrected chi connectivity index (χ0v) is 19.2. The summed E-state index contributed by atoms with van der Waals surface area (Å²) >= 11 is 12.7. The number of hydrogen-bond acceptors (Lipinski definition) is 7. The van der Waals surface area contributed by atoms with Gasteiger partial charge >= 0.3 is 0 Å². The summed E-state index contributed by atoms with van der Waals surface area (Å²) in [5.74, 6) is -0.0667. The van der Waals surface area contributed by atoms with E-state index in [9.17, 15) is 4.79 Å². The number of carbonyl (C=O) groups is 1. The van der Waals surface area contributed by atoms with Gasteiger partial charge in [-0.2, -0.15) is 4.98 Å². The zero-order chi connectivity index (χ0) is 22.6. The summed E-state index contributed by atoms with van der Waals surface area (Å²) in [6, 6.07) is 3.56. The molecular weight excluding hydrogens is 453 g/mol. The number of aromatic nitrogens is 2. The van der Waals surface area contributed by atoms with Gasteiger partial charge in [-0.3, -0.25) is 9.78 Å². The molecule has 1 fully saturated rings. The molecule has 168 valence electrons. The van der Waals surface area contributed by atoms with Gasteiger partial charge in [-0.05, 0) is 43.5 Å². The van der Waals surface area contributed by atoms with Crippen molar-refractivity contribution in [2.45, 2.75) is 38.5 Å². The van der Waals surface area contributed by atoms with E-state index >= 15 is 0 Å². The van der Waals surface area contributed by atoms with Gasteiger partial charge in [0.15, 0.2) is 11.7 Å². The molecular formula is C22H23Cl2N5O3. The Labute approximate surface area is 195 Å². The first kappa shape index (κ1) is 21.3. The van der Waals surface area contributed by atoms with E-state index in [0.29, 0.717) is 47.2 Å². The van der Waals surface area contributed by atoms with Crippen LogP contribution in [-0.4, -0.2) is 52.6 Å². The van der Waals surface area contributed by atoms with Crippen LogP contribution in [0, 0.1) is 0 Å². The molecule has 8 nitrogen and oxygen atoms in total. The Morgan fingerprint density at radius 1 is 1.22 bits per heavy atom. The maximum atomic E-state index is 13.6. The Hall–Kier alpha value is -2.55. The SMILES string of the molecule is C[C@@H]1CN(c2cncc3nc(N)oc23)C[C@H](C(=O)N2CCc3cc(Cl)cc(Cl)c3[C@H]2C)O1. The van der Waals surface area contributed by atoms with E-state index in [1.54, 1.807) is 18.5 Å². The van der Waals surface area contributed by atoms with Crippen LogP contribution < -0.4 is 10.6 Å². The van der Waals surface area contributed by atoms with Crippen molar-refractivity contribution in [1.29, 1.82) is 0 Å². The standard InChI is InChI=1S/C22H23Cl2N5O3/c1-11-9-28(17-8-26-7-16-20(17)32-22(25)27-16)10-18(31-11)21(30)29-4-3-13-5-14(23)6-15(24)19(13)12(29)2/h5-8,11-12,18H,3-4,9-10H2,1-2H3,(H2,25,27)/t11-,12-,18-/m1/s1. The minimum atomic E-state index is -0.635. The van der Waals surface area contributed by atoms with Crippen LogP contribution >= 0.6 is 23.2 Å². The van der Waals surface area contributed by atoms with Crippen molar-refractivity contribution >= 4 is 51.9 Å². The Kier molecular flexibility index (Phi) is 5.39. The lowest BCUT2D eigenvalue weighted by atomic mass is 9.93. The molecule has 2 N–H and O–H groups in total. The monoisotopic (exact) mass is 475 g/mol. The molecule has 0 radical (unpaired) electrons. The van der Waals surface area contributed by atoms with Crippen LogP contribution in [0.4, 0.5) is 11.7 Å². The fraction of sp³-hybridized carbons (Fsp3) is 0.409. The van der Waals surface area contributed by atoms with Gasteiger partial charge < -0.3 is 24.7 Å². The number of anilines is 2. The van der Waals surface area contributed by atoms with Crippen LogP contribution in [0.1, 0.15) is 31.0 Å². The number of ether oxygens (including phenoxy) is 1. The second-order valence-corrected chi connectivity index (χ2v) is 9.16. The molecule has 3 atom stereocenters. The van der Waals surface area contributed by atoms with Gasteiger partial charge in [-0.1, -0.05) is 23.2 Å². The van der Waals surface area contributed by atoms with Crippen LogP contribution in [0.5, 0.6) is 0 Å². The first-order valence-corrected chi connectivity index (χ1v) is 11.3. The van der Waals surface area contributed by atoms with Crippen molar-refractivity contribution in [3.63, 3.8) is 0 Å². The van der Waals surface area contributed by atoms with Crippen LogP contribution in [0.3, 0.4) is 0 Å². The van der Waals surface area contributed by atoms with Crippen LogP contribution in [0.15, 0.2) is 28.9 Å². The number of hydrogen-bond donors (Lipinski definition) is 1. The summed E-state index contributed by atoms with van der Waals surface area (Å²) in [4.78, 5) is 25.9. The van der Waals surface area contributed by atoms with Crippen molar-refractivity contribution in [3.05, 3.63) is 45.7 Å². The predicted molar refractivity (Wildman–Crippen MR) is 123 cm³/mol. The number of oxazole rings is 1. The number of carbonyl (C=O) groups excluding carboxylic acids is 1. The smallest absolute Gasteiger partial charge is 0.293 e. The van der Waals surface area contributed by atoms with E-state index in [0.717, 1.165) is 16.8 Å². The van der Waals surface area contributed by atoms with Gasteiger partial charge in [0.05, 0.1) is 31.1 Å². The number of fused-ring (bicyclic) bond motifs is 2. The third-order valence-electron chi connectivity index (χ3n) is 6.14. The lowest BCUT2D eigenvalue weighted by Crippen LogP contribution is -2.55. The first-order valence-electron chi connectivity index (χ1n) is 10.5. The van der Waals surface area contributed by atoms with Crippen molar-refractivity contribution < 1.29 is 13.9 Å². The molecule has 0 unspecified atom stereocenters. The highest BCUT2D eigenvalue weighted by Crippen LogP contribution is 2.38. The van der Waals surface area contributed by atoms with Gasteiger partial charge in [-0.15, -0.1) is 0 Å². The number of nitrogens with zero attached hydrogens (tertiary/aromatic N) is 4. The highest BCUT2D eigenvalue weighted by atomic mass is 35.5. The first-order chi connectivity index (χ1) is 15.3. The van der Waals surface area contributed by atoms with Crippen LogP contribution in [0.25, 0.3) is 11.1 Å². The number of nitrogen functional groups attached to an aromatic ring is 1. The molecule has 0 saturated carbocycles. The molecule has 0 spiro atoms. The van der Waals surface area contributed by atoms with E-state index in [1.807, 2.05) is 29.7 Å². The molecule has 1 saturated heterocycles. The Balaban J connectivity index is 1.41. The minimum absolute atomic E-state index is 0.0667. The second kappa shape index (κ2) is 8.10. The molecule has 32 heavy (non-hydrogen) atoms. The number of amides is 1. The summed E-state index contributed by atoms with van der Waals surface area (Å²) in [6.07, 6.45) is 3.20. The summed E-state index contributed by atoms with van der Waals surface area (Å²) < 4.78 is 11.7. The van der Waals surface area contributed by atoms with E-state index in [2.05, 4.69) is 9.97 Å². The molecule has 2 aromatic heterocycles. The predicted octanol–water partition coefficient (Wildman–Crippen LogP) is 3.85. The van der Waals surface area contributed by atoms with Crippen LogP contribution in [0.2, 0.25) is 10.0 Å². The van der Waals surface area contributed by atoms with Crippen molar-refractivity contribution in [2.75, 3.05) is 30.3 Å². The highest BCUT2D eigenvalue weighted by molar-refractivity contribution is 6.35. The molecule has 2 aliphatic rings. The summed E-state index contributed by atoms with van der Waals surface area (Å²) in [7, 11) is 0. The molecule has 10 heteroatoms. The molecule has 0 bridgehead atoms. The largest absolute Gasteiger partial charge is 0.421 e. The zero-order valence-electron chi connectivity index (χ0n) is 17.7. The fourth-order valence-corrected chi connectivity index (χ4v) is 5.45. The third kappa shape index (κ3) is 3.66. The Morgan fingerprint density at radius 3 is 2.84 bits per heavy atom. The van der Waals surface area contributed by atoms with E-state index in [1.165, 1.54) is 0 Å². The maximum absolute atomic E-state index is 13.6. The van der Waals surface area contributed by atoms with Gasteiger partial charge in [0.25, 0.3) is 11.9 Å². The quantitative estimate of drug-likeness (QED) is 0.600. The molecule has 3 aromatic rings. The topological polar surface area (TPSA) is 97.7 Å².